The minimum Gasteiger partial charge on any atom is -0.478 e. The Morgan fingerprint density at radius 1 is 1.20 bits per heavy atom. The molecule has 1 aromatic carbocycles. The first-order chi connectivity index (χ1) is 9.63. The number of carboxylic acids is 1. The van der Waals surface area contributed by atoms with Crippen molar-refractivity contribution in [3.63, 3.8) is 0 Å². The molecule has 1 saturated carbocycles. The van der Waals surface area contributed by atoms with E-state index in [1.54, 1.807) is 6.92 Å². The van der Waals surface area contributed by atoms with Gasteiger partial charge in [-0.2, -0.15) is 0 Å². The monoisotopic (exact) mass is 272 g/mol. The third-order valence-corrected chi connectivity index (χ3v) is 3.51. The van der Waals surface area contributed by atoms with Crippen molar-refractivity contribution in [2.24, 2.45) is 5.92 Å². The number of carbonyl (C=O) groups is 1. The van der Waals surface area contributed by atoms with Crippen molar-refractivity contribution < 1.29 is 9.90 Å². The van der Waals surface area contributed by atoms with Crippen LogP contribution in [0.2, 0.25) is 0 Å². The number of benzene rings is 1. The number of aliphatic carboxylic acids is 1. The first-order valence-corrected chi connectivity index (χ1v) is 7.22. The lowest BCUT2D eigenvalue weighted by atomic mass is 9.88. The molecule has 1 N–H and O–H groups in total. The second kappa shape index (κ2) is 9.13. The zero-order valence-electron chi connectivity index (χ0n) is 12.2. The van der Waals surface area contributed by atoms with E-state index in [4.69, 9.17) is 5.11 Å². The average molecular weight is 272 g/mol. The second-order valence-electron chi connectivity index (χ2n) is 5.17. The van der Waals surface area contributed by atoms with Crippen LogP contribution in [0.3, 0.4) is 0 Å². The molecule has 1 fully saturated rings. The number of carboxylic acid groups (broad SMARTS) is 1. The van der Waals surface area contributed by atoms with E-state index in [2.05, 4.69) is 6.58 Å². The molecule has 0 radical (unpaired) electrons. The fourth-order valence-electron chi connectivity index (χ4n) is 2.31. The summed E-state index contributed by atoms with van der Waals surface area (Å²) in [7, 11) is 0. The van der Waals surface area contributed by atoms with Crippen molar-refractivity contribution in [2.75, 3.05) is 0 Å². The van der Waals surface area contributed by atoms with Gasteiger partial charge in [-0.05, 0) is 31.2 Å². The summed E-state index contributed by atoms with van der Waals surface area (Å²) in [4.78, 5) is 10.5. The molecule has 0 atom stereocenters. The van der Waals surface area contributed by atoms with Gasteiger partial charge in [-0.1, -0.05) is 68.3 Å². The quantitative estimate of drug-likeness (QED) is 0.792. The summed E-state index contributed by atoms with van der Waals surface area (Å²) in [5.74, 6) is -0.254. The molecule has 2 nitrogen and oxygen atoms in total. The molecule has 0 spiro atoms. The molecule has 1 aliphatic carbocycles. The molecular formula is C18H24O2. The zero-order chi connectivity index (χ0) is 14.8. The highest BCUT2D eigenvalue weighted by Crippen LogP contribution is 2.25. The normalized spacial score (nSPS) is 15.9. The van der Waals surface area contributed by atoms with E-state index in [1.165, 1.54) is 37.7 Å². The van der Waals surface area contributed by atoms with Crippen LogP contribution in [-0.4, -0.2) is 11.1 Å². The molecule has 0 aliphatic heterocycles. The van der Waals surface area contributed by atoms with Crippen molar-refractivity contribution in [1.29, 1.82) is 0 Å². The maximum atomic E-state index is 10.5. The number of rotatable bonds is 3. The van der Waals surface area contributed by atoms with E-state index in [0.29, 0.717) is 11.5 Å². The Morgan fingerprint density at radius 3 is 2.25 bits per heavy atom. The smallest absolute Gasteiger partial charge is 0.330 e. The van der Waals surface area contributed by atoms with Gasteiger partial charge in [0.1, 0.15) is 0 Å². The van der Waals surface area contributed by atoms with Crippen LogP contribution in [0.25, 0.3) is 6.08 Å². The molecule has 1 aromatic rings. The van der Waals surface area contributed by atoms with Gasteiger partial charge in [0.25, 0.3) is 0 Å². The van der Waals surface area contributed by atoms with Crippen LogP contribution in [0.5, 0.6) is 0 Å². The van der Waals surface area contributed by atoms with Crippen LogP contribution in [0, 0.1) is 5.92 Å². The molecule has 108 valence electrons. The molecule has 0 aromatic heterocycles. The van der Waals surface area contributed by atoms with Crippen LogP contribution in [0.15, 0.2) is 48.6 Å². The van der Waals surface area contributed by atoms with E-state index >= 15 is 0 Å². The molecule has 0 saturated heterocycles. The summed E-state index contributed by atoms with van der Waals surface area (Å²) in [6.07, 6.45) is 9.93. The predicted octanol–water partition coefficient (Wildman–Crippen LogP) is 4.93. The SMILES string of the molecule is C=Cc1ccccc1.CC(=CC1CCCCC1)C(=O)O. The molecule has 0 heterocycles. The van der Waals surface area contributed by atoms with Crippen molar-refractivity contribution in [2.45, 2.75) is 39.0 Å². The van der Waals surface area contributed by atoms with E-state index in [-0.39, 0.29) is 0 Å². The fourth-order valence-corrected chi connectivity index (χ4v) is 2.31. The van der Waals surface area contributed by atoms with E-state index in [0.717, 1.165) is 0 Å². The van der Waals surface area contributed by atoms with Crippen LogP contribution in [0.1, 0.15) is 44.6 Å². The molecular weight excluding hydrogens is 248 g/mol. The number of hydrogen-bond acceptors (Lipinski definition) is 1. The molecule has 0 unspecified atom stereocenters. The summed E-state index contributed by atoms with van der Waals surface area (Å²) in [6, 6.07) is 10.0. The van der Waals surface area contributed by atoms with Crippen LogP contribution < -0.4 is 0 Å². The summed E-state index contributed by atoms with van der Waals surface area (Å²) in [5.41, 5.74) is 1.68. The topological polar surface area (TPSA) is 37.3 Å². The highest BCUT2D eigenvalue weighted by molar-refractivity contribution is 5.85. The maximum Gasteiger partial charge on any atom is 0.330 e. The van der Waals surface area contributed by atoms with E-state index in [1.807, 2.05) is 42.5 Å². The van der Waals surface area contributed by atoms with Crippen molar-refractivity contribution in [1.82, 2.24) is 0 Å². The van der Waals surface area contributed by atoms with Crippen molar-refractivity contribution in [3.8, 4) is 0 Å². The molecule has 0 bridgehead atoms. The van der Waals surface area contributed by atoms with Gasteiger partial charge in [-0.3, -0.25) is 0 Å². The molecule has 0 amide bonds. The van der Waals surface area contributed by atoms with Crippen LogP contribution >= 0.6 is 0 Å². The Labute approximate surface area is 121 Å². The third-order valence-electron chi connectivity index (χ3n) is 3.51. The maximum absolute atomic E-state index is 10.5. The van der Waals surface area contributed by atoms with E-state index < -0.39 is 5.97 Å². The zero-order valence-corrected chi connectivity index (χ0v) is 12.2. The molecule has 20 heavy (non-hydrogen) atoms. The first-order valence-electron chi connectivity index (χ1n) is 7.22. The summed E-state index contributed by atoms with van der Waals surface area (Å²) < 4.78 is 0. The minimum absolute atomic E-state index is 0.502. The van der Waals surface area contributed by atoms with Crippen LogP contribution in [0.4, 0.5) is 0 Å². The van der Waals surface area contributed by atoms with Crippen molar-refractivity contribution >= 4 is 12.0 Å². The standard InChI is InChI=1S/C10H16O2.C8H8/c1-8(10(11)12)7-9-5-3-2-4-6-9;1-2-8-6-4-3-5-7-8/h7,9H,2-6H2,1H3,(H,11,12);2-7H,1H2. The van der Waals surface area contributed by atoms with Crippen molar-refractivity contribution in [3.05, 3.63) is 54.1 Å². The Bertz CT molecular complexity index is 440. The summed E-state index contributed by atoms with van der Waals surface area (Å²) in [6.45, 7) is 5.31. The first kappa shape index (κ1) is 16.2. The van der Waals surface area contributed by atoms with Gasteiger partial charge in [-0.15, -0.1) is 0 Å². The van der Waals surface area contributed by atoms with Gasteiger partial charge in [0.2, 0.25) is 0 Å². The van der Waals surface area contributed by atoms with E-state index in [9.17, 15) is 4.79 Å². The highest BCUT2D eigenvalue weighted by Gasteiger charge is 2.12. The Kier molecular flexibility index (Phi) is 7.41. The van der Waals surface area contributed by atoms with Gasteiger partial charge in [-0.25, -0.2) is 4.79 Å². The molecule has 2 rings (SSSR count). The lowest BCUT2D eigenvalue weighted by Crippen LogP contribution is -2.06. The predicted molar refractivity (Wildman–Crippen MR) is 84.5 cm³/mol. The third kappa shape index (κ3) is 6.37. The lowest BCUT2D eigenvalue weighted by molar-refractivity contribution is -0.132. The van der Waals surface area contributed by atoms with Crippen LogP contribution in [-0.2, 0) is 4.79 Å². The van der Waals surface area contributed by atoms with Gasteiger partial charge >= 0.3 is 5.97 Å². The highest BCUT2D eigenvalue weighted by atomic mass is 16.4. The Hall–Kier alpha value is -1.83. The summed E-state index contributed by atoms with van der Waals surface area (Å²) in [5, 5.41) is 8.64. The number of allylic oxidation sites excluding steroid dienone is 1. The minimum atomic E-state index is -0.777. The fraction of sp³-hybridized carbons (Fsp3) is 0.389. The number of hydrogen-bond donors (Lipinski definition) is 1. The Balaban J connectivity index is 0.000000217. The van der Waals surface area contributed by atoms with Gasteiger partial charge < -0.3 is 5.11 Å². The largest absolute Gasteiger partial charge is 0.478 e. The van der Waals surface area contributed by atoms with Gasteiger partial charge in [0.15, 0.2) is 0 Å². The second-order valence-corrected chi connectivity index (χ2v) is 5.17. The Morgan fingerprint density at radius 2 is 1.80 bits per heavy atom. The van der Waals surface area contributed by atoms with Gasteiger partial charge in [0.05, 0.1) is 0 Å². The average Bonchev–Trinajstić information content (AvgIpc) is 2.49. The lowest BCUT2D eigenvalue weighted by Gasteiger charge is -2.18. The van der Waals surface area contributed by atoms with Gasteiger partial charge in [0, 0.05) is 5.57 Å². The summed E-state index contributed by atoms with van der Waals surface area (Å²) >= 11 is 0. The molecule has 1 aliphatic rings. The molecule has 2 heteroatoms.